The number of nitrogens with one attached hydrogen (secondary N) is 2. The van der Waals surface area contributed by atoms with E-state index in [0.717, 1.165) is 11.3 Å². The van der Waals surface area contributed by atoms with Crippen molar-refractivity contribution in [2.45, 2.75) is 44.2 Å². The summed E-state index contributed by atoms with van der Waals surface area (Å²) >= 11 is 0. The molecule has 28 heavy (non-hydrogen) atoms. The number of ether oxygens (including phenoxy) is 1. The number of furan rings is 1. The monoisotopic (exact) mass is 384 g/mol. The van der Waals surface area contributed by atoms with Crippen molar-refractivity contribution in [3.63, 3.8) is 0 Å². The number of esters is 1. The number of methoxy groups -OCH3 is 1. The first-order chi connectivity index (χ1) is 13.5. The fraction of sp³-hybridized carbons (Fsp3) is 0.381. The van der Waals surface area contributed by atoms with Crippen LogP contribution in [0.25, 0.3) is 0 Å². The van der Waals surface area contributed by atoms with E-state index >= 15 is 0 Å². The average Bonchev–Trinajstić information content (AvgIpc) is 3.35. The van der Waals surface area contributed by atoms with Crippen molar-refractivity contribution in [2.24, 2.45) is 0 Å². The van der Waals surface area contributed by atoms with Crippen LogP contribution in [0.4, 0.5) is 0 Å². The zero-order valence-corrected chi connectivity index (χ0v) is 15.8. The summed E-state index contributed by atoms with van der Waals surface area (Å²) in [5.41, 5.74) is 0.920. The standard InChI is InChI=1S/C21H24N2O5/c1-27-20(26)16-6-4-15(5-7-16)14-22-18(24)8-10-21(11-9-19(25)23-21)13-17-3-2-12-28-17/h2-7,12H,8-11,13-14H2,1H3,(H,22,24)(H,23,25)/t21-/m1/s1. The minimum atomic E-state index is -0.436. The third-order valence-corrected chi connectivity index (χ3v) is 5.02. The van der Waals surface area contributed by atoms with E-state index in [9.17, 15) is 14.4 Å². The van der Waals surface area contributed by atoms with Gasteiger partial charge in [-0.25, -0.2) is 4.79 Å². The Hall–Kier alpha value is -3.09. The van der Waals surface area contributed by atoms with Crippen LogP contribution in [0.1, 0.15) is 47.4 Å². The van der Waals surface area contributed by atoms with Crippen molar-refractivity contribution in [1.82, 2.24) is 10.6 Å². The van der Waals surface area contributed by atoms with Crippen LogP contribution in [0.5, 0.6) is 0 Å². The predicted molar refractivity (Wildman–Crippen MR) is 101 cm³/mol. The summed E-state index contributed by atoms with van der Waals surface area (Å²) < 4.78 is 10.1. The normalized spacial score (nSPS) is 18.5. The molecule has 1 saturated heterocycles. The second-order valence-electron chi connectivity index (χ2n) is 7.05. The third-order valence-electron chi connectivity index (χ3n) is 5.02. The highest BCUT2D eigenvalue weighted by atomic mass is 16.5. The van der Waals surface area contributed by atoms with Crippen LogP contribution < -0.4 is 10.6 Å². The Balaban J connectivity index is 1.51. The van der Waals surface area contributed by atoms with Gasteiger partial charge in [-0.05, 0) is 42.7 Å². The van der Waals surface area contributed by atoms with E-state index in [1.807, 2.05) is 12.1 Å². The molecule has 1 atom stereocenters. The summed E-state index contributed by atoms with van der Waals surface area (Å²) in [6.45, 7) is 0.373. The minimum absolute atomic E-state index is 0.0117. The maximum Gasteiger partial charge on any atom is 0.337 e. The highest BCUT2D eigenvalue weighted by Crippen LogP contribution is 2.29. The van der Waals surface area contributed by atoms with E-state index in [0.29, 0.717) is 44.2 Å². The molecule has 7 heteroatoms. The van der Waals surface area contributed by atoms with Gasteiger partial charge in [-0.3, -0.25) is 9.59 Å². The van der Waals surface area contributed by atoms with Crippen LogP contribution >= 0.6 is 0 Å². The van der Waals surface area contributed by atoms with E-state index in [-0.39, 0.29) is 11.8 Å². The highest BCUT2D eigenvalue weighted by Gasteiger charge is 2.38. The molecule has 0 saturated carbocycles. The molecule has 1 aromatic carbocycles. The zero-order chi connectivity index (χ0) is 20.0. The first kappa shape index (κ1) is 19.7. The Labute approximate surface area is 163 Å². The molecule has 0 unspecified atom stereocenters. The Morgan fingerprint density at radius 1 is 1.25 bits per heavy atom. The van der Waals surface area contributed by atoms with Gasteiger partial charge in [0, 0.05) is 31.3 Å². The third kappa shape index (κ3) is 5.00. The van der Waals surface area contributed by atoms with Crippen LogP contribution in [-0.2, 0) is 27.3 Å². The second-order valence-corrected chi connectivity index (χ2v) is 7.05. The highest BCUT2D eigenvalue weighted by molar-refractivity contribution is 5.89. The van der Waals surface area contributed by atoms with Crippen molar-refractivity contribution in [2.75, 3.05) is 7.11 Å². The fourth-order valence-corrected chi connectivity index (χ4v) is 3.45. The topological polar surface area (TPSA) is 97.6 Å². The van der Waals surface area contributed by atoms with E-state index in [1.54, 1.807) is 30.5 Å². The molecule has 0 radical (unpaired) electrons. The van der Waals surface area contributed by atoms with Crippen molar-refractivity contribution in [3.8, 4) is 0 Å². The maximum absolute atomic E-state index is 12.3. The Morgan fingerprint density at radius 3 is 2.64 bits per heavy atom. The molecule has 0 bridgehead atoms. The molecule has 1 fully saturated rings. The number of rotatable bonds is 8. The molecule has 2 aromatic rings. The number of amides is 2. The van der Waals surface area contributed by atoms with Gasteiger partial charge in [0.2, 0.25) is 11.8 Å². The molecule has 1 aliphatic rings. The molecule has 1 aliphatic heterocycles. The lowest BCUT2D eigenvalue weighted by Crippen LogP contribution is -2.44. The Morgan fingerprint density at radius 2 is 2.04 bits per heavy atom. The van der Waals surface area contributed by atoms with E-state index < -0.39 is 11.5 Å². The number of hydrogen-bond donors (Lipinski definition) is 2. The van der Waals surface area contributed by atoms with Gasteiger partial charge in [0.05, 0.1) is 18.9 Å². The van der Waals surface area contributed by atoms with Crippen molar-refractivity contribution < 1.29 is 23.5 Å². The van der Waals surface area contributed by atoms with Crippen LogP contribution in [0.2, 0.25) is 0 Å². The molecule has 148 valence electrons. The van der Waals surface area contributed by atoms with Crippen molar-refractivity contribution in [3.05, 3.63) is 59.5 Å². The van der Waals surface area contributed by atoms with Gasteiger partial charge in [-0.15, -0.1) is 0 Å². The van der Waals surface area contributed by atoms with Gasteiger partial charge in [-0.1, -0.05) is 12.1 Å². The van der Waals surface area contributed by atoms with Crippen LogP contribution in [0.3, 0.4) is 0 Å². The molecule has 0 spiro atoms. The van der Waals surface area contributed by atoms with Crippen LogP contribution in [-0.4, -0.2) is 30.4 Å². The summed E-state index contributed by atoms with van der Waals surface area (Å²) in [6.07, 6.45) is 4.20. The second kappa shape index (κ2) is 8.73. The zero-order valence-electron chi connectivity index (χ0n) is 15.8. The van der Waals surface area contributed by atoms with E-state index in [4.69, 9.17) is 4.42 Å². The largest absolute Gasteiger partial charge is 0.469 e. The van der Waals surface area contributed by atoms with E-state index in [1.165, 1.54) is 7.11 Å². The average molecular weight is 384 g/mol. The van der Waals surface area contributed by atoms with E-state index in [2.05, 4.69) is 15.4 Å². The SMILES string of the molecule is COC(=O)c1ccc(CNC(=O)CC[C@]2(Cc3ccco3)CCC(=O)N2)cc1. The van der Waals surface area contributed by atoms with Crippen molar-refractivity contribution in [1.29, 1.82) is 0 Å². The molecule has 3 rings (SSSR count). The van der Waals surface area contributed by atoms with Gasteiger partial charge >= 0.3 is 5.97 Å². The quantitative estimate of drug-likeness (QED) is 0.681. The Kier molecular flexibility index (Phi) is 6.13. The molecule has 0 aliphatic carbocycles. The lowest BCUT2D eigenvalue weighted by molar-refractivity contribution is -0.122. The summed E-state index contributed by atoms with van der Waals surface area (Å²) in [6, 6.07) is 10.6. The summed E-state index contributed by atoms with van der Waals surface area (Å²) in [4.78, 5) is 35.5. The number of hydrogen-bond acceptors (Lipinski definition) is 5. The number of benzene rings is 1. The minimum Gasteiger partial charge on any atom is -0.469 e. The molecule has 2 heterocycles. The molecule has 2 N–H and O–H groups in total. The van der Waals surface area contributed by atoms with Gasteiger partial charge in [0.15, 0.2) is 0 Å². The molecular weight excluding hydrogens is 360 g/mol. The smallest absolute Gasteiger partial charge is 0.337 e. The first-order valence-electron chi connectivity index (χ1n) is 9.27. The van der Waals surface area contributed by atoms with Gasteiger partial charge in [0.25, 0.3) is 0 Å². The predicted octanol–water partition coefficient (Wildman–Crippen LogP) is 2.35. The Bertz CT molecular complexity index is 829. The fourth-order valence-electron chi connectivity index (χ4n) is 3.45. The number of carbonyl (C=O) groups excluding carboxylic acids is 3. The van der Waals surface area contributed by atoms with Gasteiger partial charge in [0.1, 0.15) is 5.76 Å². The number of carbonyl (C=O) groups is 3. The van der Waals surface area contributed by atoms with Crippen molar-refractivity contribution >= 4 is 17.8 Å². The lowest BCUT2D eigenvalue weighted by Gasteiger charge is -2.28. The summed E-state index contributed by atoms with van der Waals surface area (Å²) in [5, 5.41) is 5.92. The van der Waals surface area contributed by atoms with Gasteiger partial charge < -0.3 is 19.8 Å². The molecule has 7 nitrogen and oxygen atoms in total. The molecule has 2 amide bonds. The lowest BCUT2D eigenvalue weighted by atomic mass is 9.87. The molecular formula is C21H24N2O5. The van der Waals surface area contributed by atoms with Gasteiger partial charge in [-0.2, -0.15) is 0 Å². The maximum atomic E-state index is 12.3. The van der Waals surface area contributed by atoms with Crippen LogP contribution in [0, 0.1) is 0 Å². The first-order valence-corrected chi connectivity index (χ1v) is 9.27. The molecule has 1 aromatic heterocycles. The summed E-state index contributed by atoms with van der Waals surface area (Å²) in [5.74, 6) is 0.332. The van der Waals surface area contributed by atoms with Crippen LogP contribution in [0.15, 0.2) is 47.1 Å². The summed E-state index contributed by atoms with van der Waals surface area (Å²) in [7, 11) is 1.34.